The maximum absolute atomic E-state index is 13.6. The summed E-state index contributed by atoms with van der Waals surface area (Å²) in [5.41, 5.74) is -0.697. The van der Waals surface area contributed by atoms with Crippen LogP contribution in [0.3, 0.4) is 0 Å². The Kier molecular flexibility index (Phi) is 8.96. The van der Waals surface area contributed by atoms with Gasteiger partial charge in [0.1, 0.15) is 29.7 Å². The van der Waals surface area contributed by atoms with E-state index in [9.17, 15) is 22.8 Å². The molecule has 2 heterocycles. The average Bonchev–Trinajstić information content (AvgIpc) is 3.50. The van der Waals surface area contributed by atoms with Crippen LogP contribution in [0.5, 0.6) is 17.2 Å². The summed E-state index contributed by atoms with van der Waals surface area (Å²) >= 11 is 0. The molecule has 0 atom stereocenters. The Morgan fingerprint density at radius 2 is 1.65 bits per heavy atom. The van der Waals surface area contributed by atoms with Crippen molar-refractivity contribution in [3.8, 4) is 17.2 Å². The number of ether oxygens (including phenoxy) is 3. The van der Waals surface area contributed by atoms with Gasteiger partial charge in [-0.3, -0.25) is 15.0 Å². The molecular weight excluding hydrogens is 565 g/mol. The van der Waals surface area contributed by atoms with E-state index < -0.39 is 23.7 Å². The molecule has 0 unspecified atom stereocenters. The van der Waals surface area contributed by atoms with Gasteiger partial charge in [0, 0.05) is 36.1 Å². The highest BCUT2D eigenvalue weighted by Gasteiger charge is 2.32. The van der Waals surface area contributed by atoms with Gasteiger partial charge in [-0.1, -0.05) is 12.1 Å². The van der Waals surface area contributed by atoms with Crippen molar-refractivity contribution in [1.29, 1.82) is 0 Å². The van der Waals surface area contributed by atoms with E-state index in [0.29, 0.717) is 23.4 Å². The number of nitrogens with zero attached hydrogens (tertiary/aromatic N) is 2. The van der Waals surface area contributed by atoms with Crippen LogP contribution in [0, 0.1) is 0 Å². The van der Waals surface area contributed by atoms with Gasteiger partial charge in [-0.2, -0.15) is 13.2 Å². The lowest BCUT2D eigenvalue weighted by Crippen LogP contribution is -2.25. The summed E-state index contributed by atoms with van der Waals surface area (Å²) in [6.07, 6.45) is -1.62. The number of methoxy groups -OCH3 is 1. The van der Waals surface area contributed by atoms with Crippen molar-refractivity contribution in [2.24, 2.45) is 0 Å². The van der Waals surface area contributed by atoms with E-state index in [4.69, 9.17) is 9.47 Å². The molecule has 12 heteroatoms. The number of carbonyl (C=O) groups is 2. The summed E-state index contributed by atoms with van der Waals surface area (Å²) in [5.74, 6) is 0.541. The van der Waals surface area contributed by atoms with Crippen molar-refractivity contribution >= 4 is 34.3 Å². The van der Waals surface area contributed by atoms with Crippen molar-refractivity contribution in [3.05, 3.63) is 84.1 Å². The first kappa shape index (κ1) is 29.6. The van der Waals surface area contributed by atoms with Gasteiger partial charge >= 0.3 is 12.3 Å². The first-order valence-electron chi connectivity index (χ1n) is 13.6. The molecule has 0 bridgehead atoms. The number of fused-ring (bicyclic) bond motifs is 1. The Labute approximate surface area is 245 Å². The third kappa shape index (κ3) is 7.92. The first-order chi connectivity index (χ1) is 20.7. The number of aromatic nitrogens is 1. The number of alkyl halides is 3. The van der Waals surface area contributed by atoms with Crippen LogP contribution in [0.1, 0.15) is 28.8 Å². The minimum atomic E-state index is -4.61. The second-order valence-electron chi connectivity index (χ2n) is 9.91. The molecule has 1 aromatic heterocycles. The van der Waals surface area contributed by atoms with Gasteiger partial charge < -0.3 is 19.5 Å². The Morgan fingerprint density at radius 1 is 0.884 bits per heavy atom. The number of hydrogen-bond donors (Lipinski definition) is 2. The van der Waals surface area contributed by atoms with E-state index >= 15 is 0 Å². The fourth-order valence-corrected chi connectivity index (χ4v) is 4.68. The zero-order valence-electron chi connectivity index (χ0n) is 23.2. The van der Waals surface area contributed by atoms with Crippen LogP contribution in [-0.2, 0) is 10.9 Å². The normalized spacial score (nSPS) is 13.5. The molecule has 0 aliphatic carbocycles. The largest absolute Gasteiger partial charge is 0.492 e. The number of amides is 2. The lowest BCUT2D eigenvalue weighted by molar-refractivity contribution is -0.137. The second-order valence-corrected chi connectivity index (χ2v) is 9.91. The molecule has 1 fully saturated rings. The van der Waals surface area contributed by atoms with Crippen molar-refractivity contribution < 1.29 is 37.0 Å². The van der Waals surface area contributed by atoms with Crippen molar-refractivity contribution in [2.45, 2.75) is 19.0 Å². The predicted octanol–water partition coefficient (Wildman–Crippen LogP) is 6.95. The molecule has 0 spiro atoms. The lowest BCUT2D eigenvalue weighted by Gasteiger charge is -2.17. The maximum Gasteiger partial charge on any atom is 0.416 e. The summed E-state index contributed by atoms with van der Waals surface area (Å²) in [6, 6.07) is 16.5. The van der Waals surface area contributed by atoms with Gasteiger partial charge in [0.05, 0.1) is 12.7 Å². The Hall–Kier alpha value is -4.84. The SMILES string of the molecule is COC(=O)Nc1cc(Oc2ccc3ccc(C(=O)Nc4cc(OCCN5CCCC5)cc(C(F)(F)F)c4)cc3c2)ccn1. The molecule has 224 valence electrons. The van der Waals surface area contributed by atoms with Gasteiger partial charge in [0.25, 0.3) is 5.91 Å². The Bertz CT molecular complexity index is 1620. The van der Waals surface area contributed by atoms with Gasteiger partial charge in [-0.25, -0.2) is 9.78 Å². The third-order valence-electron chi connectivity index (χ3n) is 6.82. The molecule has 0 radical (unpaired) electrons. The molecule has 1 aliphatic heterocycles. The summed E-state index contributed by atoms with van der Waals surface area (Å²) in [6.45, 7) is 2.76. The minimum Gasteiger partial charge on any atom is -0.492 e. The summed E-state index contributed by atoms with van der Waals surface area (Å²) in [5, 5.41) is 6.52. The predicted molar refractivity (Wildman–Crippen MR) is 155 cm³/mol. The third-order valence-corrected chi connectivity index (χ3v) is 6.82. The number of benzene rings is 3. The van der Waals surface area contributed by atoms with Crippen LogP contribution in [-0.4, -0.2) is 55.2 Å². The number of carbonyl (C=O) groups excluding carboxylic acids is 2. The highest BCUT2D eigenvalue weighted by Crippen LogP contribution is 2.35. The van der Waals surface area contributed by atoms with Crippen molar-refractivity contribution in [1.82, 2.24) is 9.88 Å². The lowest BCUT2D eigenvalue weighted by atomic mass is 10.1. The van der Waals surface area contributed by atoms with E-state index in [1.807, 2.05) is 0 Å². The van der Waals surface area contributed by atoms with Gasteiger partial charge in [0.2, 0.25) is 0 Å². The first-order valence-corrected chi connectivity index (χ1v) is 13.6. The van der Waals surface area contributed by atoms with E-state index in [0.717, 1.165) is 43.5 Å². The number of halogens is 3. The zero-order valence-corrected chi connectivity index (χ0v) is 23.2. The molecule has 4 aromatic rings. The highest BCUT2D eigenvalue weighted by atomic mass is 19.4. The van der Waals surface area contributed by atoms with Crippen LogP contribution in [0.2, 0.25) is 0 Å². The standard InChI is InChI=1S/C31H29F3N4O5/c1-41-30(40)37-28-19-26(8-9-35-28)43-25-7-6-20-4-5-21(14-22(20)15-25)29(39)36-24-16-23(31(32,33)34)17-27(18-24)42-13-12-38-10-2-3-11-38/h4-9,14-19H,2-3,10-13H2,1H3,(H,36,39)(H,35,37,40). The molecule has 9 nitrogen and oxygen atoms in total. The molecule has 43 heavy (non-hydrogen) atoms. The smallest absolute Gasteiger partial charge is 0.416 e. The Morgan fingerprint density at radius 3 is 2.42 bits per heavy atom. The van der Waals surface area contributed by atoms with Crippen LogP contribution in [0.15, 0.2) is 72.9 Å². The minimum absolute atomic E-state index is 0.0257. The Balaban J connectivity index is 1.31. The number of anilines is 2. The monoisotopic (exact) mass is 594 g/mol. The molecule has 0 saturated carbocycles. The van der Waals surface area contributed by atoms with Gasteiger partial charge in [-0.15, -0.1) is 0 Å². The zero-order chi connectivity index (χ0) is 30.4. The molecule has 2 N–H and O–H groups in total. The van der Waals surface area contributed by atoms with E-state index in [1.54, 1.807) is 42.5 Å². The van der Waals surface area contributed by atoms with Crippen LogP contribution in [0.25, 0.3) is 10.8 Å². The fraction of sp³-hybridized carbons (Fsp3) is 0.258. The number of rotatable bonds is 9. The summed E-state index contributed by atoms with van der Waals surface area (Å²) in [7, 11) is 1.24. The number of pyridine rings is 1. The molecule has 1 aliphatic rings. The summed E-state index contributed by atoms with van der Waals surface area (Å²) in [4.78, 5) is 30.8. The highest BCUT2D eigenvalue weighted by molar-refractivity contribution is 6.06. The van der Waals surface area contributed by atoms with Crippen LogP contribution >= 0.6 is 0 Å². The van der Waals surface area contributed by atoms with Crippen molar-refractivity contribution in [2.75, 3.05) is 44.0 Å². The quantitative estimate of drug-likeness (QED) is 0.216. The average molecular weight is 595 g/mol. The maximum atomic E-state index is 13.6. The number of likely N-dealkylation sites (tertiary alicyclic amines) is 1. The second kappa shape index (κ2) is 13.0. The van der Waals surface area contributed by atoms with Crippen LogP contribution in [0.4, 0.5) is 29.5 Å². The molecule has 1 saturated heterocycles. The molecule has 3 aromatic carbocycles. The van der Waals surface area contributed by atoms with E-state index in [-0.39, 0.29) is 29.4 Å². The van der Waals surface area contributed by atoms with E-state index in [1.165, 1.54) is 25.4 Å². The number of hydrogen-bond acceptors (Lipinski definition) is 7. The molecule has 2 amide bonds. The molecular formula is C31H29F3N4O5. The van der Waals surface area contributed by atoms with Crippen LogP contribution < -0.4 is 20.1 Å². The number of nitrogens with one attached hydrogen (secondary N) is 2. The van der Waals surface area contributed by atoms with Crippen molar-refractivity contribution in [3.63, 3.8) is 0 Å². The van der Waals surface area contributed by atoms with E-state index in [2.05, 4.69) is 25.3 Å². The fourth-order valence-electron chi connectivity index (χ4n) is 4.68. The molecule has 5 rings (SSSR count). The van der Waals surface area contributed by atoms with Gasteiger partial charge in [0.15, 0.2) is 0 Å². The van der Waals surface area contributed by atoms with Gasteiger partial charge in [-0.05, 0) is 79.2 Å². The summed E-state index contributed by atoms with van der Waals surface area (Å²) < 4.78 is 57.0. The topological polar surface area (TPSA) is 102 Å².